The fourth-order valence-electron chi connectivity index (χ4n) is 2.42. The summed E-state index contributed by atoms with van der Waals surface area (Å²) < 4.78 is 0. The molecule has 3 nitrogen and oxygen atoms in total. The molecular weight excluding hydrogens is 230 g/mol. The van der Waals surface area contributed by atoms with Crippen LogP contribution in [-0.2, 0) is 13.0 Å². The van der Waals surface area contributed by atoms with E-state index in [0.717, 1.165) is 26.1 Å². The normalized spacial score (nSPS) is 26.3. The molecule has 0 aliphatic carbocycles. The SMILES string of the molecule is CCCc1nc(CN2C(C)CNCC2C)cs1. The van der Waals surface area contributed by atoms with Crippen LogP contribution in [0.2, 0.25) is 0 Å². The molecular formula is C13H23N3S. The fourth-order valence-corrected chi connectivity index (χ4v) is 3.31. The lowest BCUT2D eigenvalue weighted by molar-refractivity contribution is 0.107. The first-order valence-electron chi connectivity index (χ1n) is 6.60. The van der Waals surface area contributed by atoms with Crippen LogP contribution in [0.5, 0.6) is 0 Å². The maximum absolute atomic E-state index is 4.72. The number of hydrogen-bond acceptors (Lipinski definition) is 4. The second-order valence-electron chi connectivity index (χ2n) is 5.01. The van der Waals surface area contributed by atoms with Gasteiger partial charge in [-0.2, -0.15) is 0 Å². The Bertz CT molecular complexity index is 340. The third kappa shape index (κ3) is 3.27. The highest BCUT2D eigenvalue weighted by atomic mass is 32.1. The second kappa shape index (κ2) is 5.94. The number of piperazine rings is 1. The van der Waals surface area contributed by atoms with Crippen molar-refractivity contribution in [2.75, 3.05) is 13.1 Å². The zero-order valence-electron chi connectivity index (χ0n) is 11.1. The summed E-state index contributed by atoms with van der Waals surface area (Å²) in [5.41, 5.74) is 1.25. The Balaban J connectivity index is 1.98. The molecule has 2 heterocycles. The van der Waals surface area contributed by atoms with Crippen molar-refractivity contribution in [3.05, 3.63) is 16.1 Å². The Labute approximate surface area is 108 Å². The van der Waals surface area contributed by atoms with Crippen LogP contribution in [0.25, 0.3) is 0 Å². The summed E-state index contributed by atoms with van der Waals surface area (Å²) in [4.78, 5) is 7.28. The fraction of sp³-hybridized carbons (Fsp3) is 0.769. The third-order valence-electron chi connectivity index (χ3n) is 3.42. The molecule has 1 aliphatic rings. The largest absolute Gasteiger partial charge is 0.314 e. The van der Waals surface area contributed by atoms with Gasteiger partial charge in [-0.3, -0.25) is 4.90 Å². The van der Waals surface area contributed by atoms with Crippen LogP contribution in [0.15, 0.2) is 5.38 Å². The van der Waals surface area contributed by atoms with Crippen LogP contribution in [0.4, 0.5) is 0 Å². The Hall–Kier alpha value is -0.450. The molecule has 1 N–H and O–H groups in total. The highest BCUT2D eigenvalue weighted by Gasteiger charge is 2.24. The van der Waals surface area contributed by atoms with Crippen molar-refractivity contribution in [1.29, 1.82) is 0 Å². The van der Waals surface area contributed by atoms with E-state index in [1.165, 1.54) is 17.1 Å². The minimum Gasteiger partial charge on any atom is -0.314 e. The molecule has 0 aromatic carbocycles. The predicted molar refractivity (Wildman–Crippen MR) is 73.4 cm³/mol. The van der Waals surface area contributed by atoms with Crippen molar-refractivity contribution in [3.8, 4) is 0 Å². The molecule has 4 heteroatoms. The maximum Gasteiger partial charge on any atom is 0.0928 e. The van der Waals surface area contributed by atoms with E-state index in [4.69, 9.17) is 4.98 Å². The van der Waals surface area contributed by atoms with Crippen molar-refractivity contribution in [3.63, 3.8) is 0 Å². The second-order valence-corrected chi connectivity index (χ2v) is 5.95. The number of nitrogens with one attached hydrogen (secondary N) is 1. The molecule has 2 unspecified atom stereocenters. The molecule has 1 fully saturated rings. The zero-order chi connectivity index (χ0) is 12.3. The van der Waals surface area contributed by atoms with Crippen LogP contribution in [0, 0.1) is 0 Å². The molecule has 0 amide bonds. The lowest BCUT2D eigenvalue weighted by Gasteiger charge is -2.38. The van der Waals surface area contributed by atoms with E-state index in [1.54, 1.807) is 0 Å². The number of thiazole rings is 1. The molecule has 96 valence electrons. The van der Waals surface area contributed by atoms with Crippen LogP contribution >= 0.6 is 11.3 Å². The van der Waals surface area contributed by atoms with Crippen molar-refractivity contribution >= 4 is 11.3 Å². The molecule has 0 radical (unpaired) electrons. The number of aromatic nitrogens is 1. The molecule has 1 aromatic rings. The first-order valence-corrected chi connectivity index (χ1v) is 7.48. The van der Waals surface area contributed by atoms with E-state index in [-0.39, 0.29) is 0 Å². The summed E-state index contributed by atoms with van der Waals surface area (Å²) in [5, 5.41) is 6.98. The van der Waals surface area contributed by atoms with E-state index < -0.39 is 0 Å². The van der Waals surface area contributed by atoms with E-state index in [9.17, 15) is 0 Å². The number of rotatable bonds is 4. The molecule has 1 saturated heterocycles. The Morgan fingerprint density at radius 3 is 2.76 bits per heavy atom. The van der Waals surface area contributed by atoms with Gasteiger partial charge in [0.25, 0.3) is 0 Å². The molecule has 2 atom stereocenters. The first-order chi connectivity index (χ1) is 8.20. The predicted octanol–water partition coefficient (Wildman–Crippen LogP) is 2.28. The minimum absolute atomic E-state index is 0.607. The average molecular weight is 253 g/mol. The van der Waals surface area contributed by atoms with Crippen molar-refractivity contribution < 1.29 is 0 Å². The molecule has 1 aromatic heterocycles. The van der Waals surface area contributed by atoms with Gasteiger partial charge in [-0.25, -0.2) is 4.98 Å². The topological polar surface area (TPSA) is 28.2 Å². The summed E-state index contributed by atoms with van der Waals surface area (Å²) in [6.45, 7) is 9.99. The van der Waals surface area contributed by atoms with Crippen molar-refractivity contribution in [2.24, 2.45) is 0 Å². The average Bonchev–Trinajstić information content (AvgIpc) is 2.72. The van der Waals surface area contributed by atoms with E-state index in [0.29, 0.717) is 12.1 Å². The van der Waals surface area contributed by atoms with Gasteiger partial charge in [-0.15, -0.1) is 11.3 Å². The van der Waals surface area contributed by atoms with Gasteiger partial charge in [0.15, 0.2) is 0 Å². The summed E-state index contributed by atoms with van der Waals surface area (Å²) >= 11 is 1.81. The summed E-state index contributed by atoms with van der Waals surface area (Å²) in [6.07, 6.45) is 2.31. The van der Waals surface area contributed by atoms with Gasteiger partial charge in [0.1, 0.15) is 0 Å². The lowest BCUT2D eigenvalue weighted by atomic mass is 10.1. The Morgan fingerprint density at radius 2 is 2.12 bits per heavy atom. The highest BCUT2D eigenvalue weighted by Crippen LogP contribution is 2.17. The third-order valence-corrected chi connectivity index (χ3v) is 4.38. The van der Waals surface area contributed by atoms with Crippen molar-refractivity contribution in [2.45, 2.75) is 52.2 Å². The highest BCUT2D eigenvalue weighted by molar-refractivity contribution is 7.09. The van der Waals surface area contributed by atoms with Crippen LogP contribution < -0.4 is 5.32 Å². The quantitative estimate of drug-likeness (QED) is 0.892. The van der Waals surface area contributed by atoms with Gasteiger partial charge in [0.05, 0.1) is 10.7 Å². The molecule has 0 bridgehead atoms. The van der Waals surface area contributed by atoms with Gasteiger partial charge in [-0.1, -0.05) is 6.92 Å². The monoisotopic (exact) mass is 253 g/mol. The van der Waals surface area contributed by atoms with Crippen LogP contribution in [0.1, 0.15) is 37.9 Å². The Morgan fingerprint density at radius 1 is 1.41 bits per heavy atom. The molecule has 17 heavy (non-hydrogen) atoms. The van der Waals surface area contributed by atoms with E-state index >= 15 is 0 Å². The zero-order valence-corrected chi connectivity index (χ0v) is 11.9. The lowest BCUT2D eigenvalue weighted by Crippen LogP contribution is -2.54. The molecule has 1 aliphatic heterocycles. The van der Waals surface area contributed by atoms with E-state index in [1.807, 2.05) is 11.3 Å². The van der Waals surface area contributed by atoms with Gasteiger partial charge < -0.3 is 5.32 Å². The first kappa shape index (κ1) is 13.0. The Kier molecular flexibility index (Phi) is 4.54. The minimum atomic E-state index is 0.607. The van der Waals surface area contributed by atoms with E-state index in [2.05, 4.69) is 36.4 Å². The number of hydrogen-bond donors (Lipinski definition) is 1. The van der Waals surface area contributed by atoms with Crippen molar-refractivity contribution in [1.82, 2.24) is 15.2 Å². The van der Waals surface area contributed by atoms with Gasteiger partial charge in [0.2, 0.25) is 0 Å². The molecule has 0 spiro atoms. The summed E-state index contributed by atoms with van der Waals surface area (Å²) in [7, 11) is 0. The van der Waals surface area contributed by atoms with Gasteiger partial charge in [-0.05, 0) is 26.7 Å². The van der Waals surface area contributed by atoms with Crippen LogP contribution in [0.3, 0.4) is 0 Å². The smallest absolute Gasteiger partial charge is 0.0928 e. The molecule has 0 saturated carbocycles. The van der Waals surface area contributed by atoms with Gasteiger partial charge in [0, 0.05) is 37.1 Å². The van der Waals surface area contributed by atoms with Gasteiger partial charge >= 0.3 is 0 Å². The summed E-state index contributed by atoms with van der Waals surface area (Å²) in [5.74, 6) is 0. The number of nitrogens with zero attached hydrogens (tertiary/aromatic N) is 2. The molecule has 2 rings (SSSR count). The van der Waals surface area contributed by atoms with Crippen LogP contribution in [-0.4, -0.2) is 35.1 Å². The number of aryl methyl sites for hydroxylation is 1. The summed E-state index contributed by atoms with van der Waals surface area (Å²) in [6, 6.07) is 1.21. The standard InChI is InChI=1S/C13H23N3S/c1-4-5-13-15-12(9-17-13)8-16-10(2)6-14-7-11(16)3/h9-11,14H,4-8H2,1-3H3. The maximum atomic E-state index is 4.72.